The minimum Gasteiger partial charge on any atom is -0.340 e. The highest BCUT2D eigenvalue weighted by Crippen LogP contribution is 2.33. The van der Waals surface area contributed by atoms with Crippen molar-refractivity contribution in [1.29, 1.82) is 5.26 Å². The first-order chi connectivity index (χ1) is 12.8. The number of aromatic nitrogens is 4. The van der Waals surface area contributed by atoms with E-state index < -0.39 is 17.3 Å². The van der Waals surface area contributed by atoms with Crippen LogP contribution in [0.5, 0.6) is 0 Å². The Morgan fingerprint density at radius 3 is 2.56 bits per heavy atom. The predicted octanol–water partition coefficient (Wildman–Crippen LogP) is 1.22. The molecule has 1 aromatic carbocycles. The number of tetrazole rings is 1. The Labute approximate surface area is 152 Å². The number of piperazine rings is 1. The van der Waals surface area contributed by atoms with E-state index in [1.54, 1.807) is 11.0 Å². The fraction of sp³-hybridized carbons (Fsp3) is 0.438. The molecule has 0 unspecified atom stereocenters. The van der Waals surface area contributed by atoms with E-state index in [-0.39, 0.29) is 11.6 Å². The van der Waals surface area contributed by atoms with Crippen LogP contribution in [0.4, 0.5) is 13.2 Å². The molecule has 1 aliphatic rings. The Morgan fingerprint density at radius 1 is 1.26 bits per heavy atom. The molecule has 1 saturated heterocycles. The fourth-order valence-electron chi connectivity index (χ4n) is 2.92. The van der Waals surface area contributed by atoms with Gasteiger partial charge in [-0.15, -0.1) is 5.10 Å². The summed E-state index contributed by atoms with van der Waals surface area (Å²) >= 11 is 0. The van der Waals surface area contributed by atoms with Crippen LogP contribution in [0, 0.1) is 11.3 Å². The van der Waals surface area contributed by atoms with Crippen LogP contribution in [0.3, 0.4) is 0 Å². The molecule has 1 amide bonds. The SMILES string of the molecule is CC(=O)N1CCN(Cc2nnnn2-c2ccc(C#N)c(C(F)(F)F)c2)CC1. The molecular formula is C16H16F3N7O. The standard InChI is InChI=1S/C16H16F3N7O/c1-11(27)25-6-4-24(5-7-25)10-15-21-22-23-26(15)13-3-2-12(9-20)14(8-13)16(17,18)19/h2-3,8H,4-7,10H2,1H3. The van der Waals surface area contributed by atoms with E-state index in [9.17, 15) is 18.0 Å². The Hall–Kier alpha value is -3.00. The molecule has 0 radical (unpaired) electrons. The molecule has 1 aromatic heterocycles. The zero-order chi connectivity index (χ0) is 19.6. The molecule has 1 aliphatic heterocycles. The predicted molar refractivity (Wildman–Crippen MR) is 86.4 cm³/mol. The van der Waals surface area contributed by atoms with Gasteiger partial charge < -0.3 is 4.90 Å². The van der Waals surface area contributed by atoms with Gasteiger partial charge >= 0.3 is 6.18 Å². The highest BCUT2D eigenvalue weighted by Gasteiger charge is 2.34. The summed E-state index contributed by atoms with van der Waals surface area (Å²) in [5, 5.41) is 20.2. The second kappa shape index (κ2) is 7.32. The number of nitrogens with zero attached hydrogens (tertiary/aromatic N) is 7. The minimum absolute atomic E-state index is 0.0109. The van der Waals surface area contributed by atoms with Gasteiger partial charge in [0, 0.05) is 33.1 Å². The van der Waals surface area contributed by atoms with Crippen molar-refractivity contribution < 1.29 is 18.0 Å². The summed E-state index contributed by atoms with van der Waals surface area (Å²) in [5.41, 5.74) is -1.36. The lowest BCUT2D eigenvalue weighted by molar-refractivity contribution is -0.137. The summed E-state index contributed by atoms with van der Waals surface area (Å²) < 4.78 is 40.8. The number of carbonyl (C=O) groups is 1. The number of alkyl halides is 3. The Bertz CT molecular complexity index is 879. The number of amides is 1. The number of benzene rings is 1. The van der Waals surface area contributed by atoms with E-state index in [2.05, 4.69) is 15.5 Å². The molecule has 0 saturated carbocycles. The summed E-state index contributed by atoms with van der Waals surface area (Å²) in [4.78, 5) is 15.1. The smallest absolute Gasteiger partial charge is 0.340 e. The highest BCUT2D eigenvalue weighted by molar-refractivity contribution is 5.73. The average molecular weight is 379 g/mol. The van der Waals surface area contributed by atoms with Crippen molar-refractivity contribution >= 4 is 5.91 Å². The van der Waals surface area contributed by atoms with Crippen molar-refractivity contribution in [2.75, 3.05) is 26.2 Å². The van der Waals surface area contributed by atoms with Crippen LogP contribution in [-0.2, 0) is 17.5 Å². The minimum atomic E-state index is -4.65. The molecule has 142 valence electrons. The summed E-state index contributed by atoms with van der Waals surface area (Å²) in [6, 6.07) is 4.90. The van der Waals surface area contributed by atoms with Crippen LogP contribution in [0.25, 0.3) is 5.69 Å². The molecular weight excluding hydrogens is 363 g/mol. The van der Waals surface area contributed by atoms with E-state index in [4.69, 9.17) is 5.26 Å². The number of nitriles is 1. The van der Waals surface area contributed by atoms with Crippen molar-refractivity contribution in [1.82, 2.24) is 30.0 Å². The molecule has 1 fully saturated rings. The maximum atomic E-state index is 13.2. The molecule has 11 heteroatoms. The number of rotatable bonds is 3. The first-order valence-electron chi connectivity index (χ1n) is 8.16. The van der Waals surface area contributed by atoms with E-state index in [0.29, 0.717) is 38.5 Å². The van der Waals surface area contributed by atoms with Crippen molar-refractivity contribution in [3.05, 3.63) is 35.2 Å². The van der Waals surface area contributed by atoms with Crippen LogP contribution < -0.4 is 0 Å². The van der Waals surface area contributed by atoms with Gasteiger partial charge in [-0.3, -0.25) is 9.69 Å². The van der Waals surface area contributed by atoms with Gasteiger partial charge in [0.05, 0.1) is 29.4 Å². The van der Waals surface area contributed by atoms with Gasteiger partial charge in [-0.1, -0.05) is 0 Å². The van der Waals surface area contributed by atoms with Crippen molar-refractivity contribution in [2.24, 2.45) is 0 Å². The first kappa shape index (κ1) is 18.8. The zero-order valence-electron chi connectivity index (χ0n) is 14.4. The molecule has 2 aromatic rings. The Balaban J connectivity index is 1.82. The zero-order valence-corrected chi connectivity index (χ0v) is 14.4. The maximum absolute atomic E-state index is 13.2. The van der Waals surface area contributed by atoms with Gasteiger partial charge in [-0.05, 0) is 28.6 Å². The average Bonchev–Trinajstić information content (AvgIpc) is 3.09. The monoisotopic (exact) mass is 379 g/mol. The lowest BCUT2D eigenvalue weighted by Gasteiger charge is -2.33. The summed E-state index contributed by atoms with van der Waals surface area (Å²) in [7, 11) is 0. The highest BCUT2D eigenvalue weighted by atomic mass is 19.4. The van der Waals surface area contributed by atoms with E-state index in [0.717, 1.165) is 12.1 Å². The molecule has 2 heterocycles. The lowest BCUT2D eigenvalue weighted by Crippen LogP contribution is -2.47. The molecule has 0 bridgehead atoms. The van der Waals surface area contributed by atoms with Gasteiger partial charge in [0.15, 0.2) is 5.82 Å². The fourth-order valence-corrected chi connectivity index (χ4v) is 2.92. The number of carbonyl (C=O) groups excluding carboxylic acids is 1. The maximum Gasteiger partial charge on any atom is 0.417 e. The summed E-state index contributed by atoms with van der Waals surface area (Å²) in [5.74, 6) is 0.390. The van der Waals surface area contributed by atoms with Crippen molar-refractivity contribution in [3.8, 4) is 11.8 Å². The van der Waals surface area contributed by atoms with Gasteiger partial charge in [0.2, 0.25) is 5.91 Å². The molecule has 0 spiro atoms. The van der Waals surface area contributed by atoms with Gasteiger partial charge in [0.25, 0.3) is 0 Å². The second-order valence-corrected chi connectivity index (χ2v) is 6.13. The largest absolute Gasteiger partial charge is 0.417 e. The molecule has 3 rings (SSSR count). The van der Waals surface area contributed by atoms with Crippen molar-refractivity contribution in [3.63, 3.8) is 0 Å². The van der Waals surface area contributed by atoms with Crippen LogP contribution in [0.15, 0.2) is 18.2 Å². The molecule has 27 heavy (non-hydrogen) atoms. The van der Waals surface area contributed by atoms with Gasteiger partial charge in [-0.25, -0.2) is 0 Å². The molecule has 0 atom stereocenters. The third-order valence-electron chi connectivity index (χ3n) is 4.39. The molecule has 8 nitrogen and oxygen atoms in total. The third-order valence-corrected chi connectivity index (χ3v) is 4.39. The molecule has 0 aliphatic carbocycles. The Morgan fingerprint density at radius 2 is 1.96 bits per heavy atom. The van der Waals surface area contributed by atoms with Gasteiger partial charge in [-0.2, -0.15) is 23.1 Å². The van der Waals surface area contributed by atoms with E-state index in [1.807, 2.05) is 4.90 Å². The number of hydrogen-bond donors (Lipinski definition) is 0. The van der Waals surface area contributed by atoms with Crippen LogP contribution in [0.1, 0.15) is 23.9 Å². The summed E-state index contributed by atoms with van der Waals surface area (Å²) in [6.45, 7) is 4.23. The normalized spacial score (nSPS) is 15.6. The molecule has 0 N–H and O–H groups in total. The first-order valence-corrected chi connectivity index (χ1v) is 8.16. The number of hydrogen-bond acceptors (Lipinski definition) is 6. The number of halogens is 3. The summed E-state index contributed by atoms with van der Waals surface area (Å²) in [6.07, 6.45) is -4.65. The lowest BCUT2D eigenvalue weighted by atomic mass is 10.1. The van der Waals surface area contributed by atoms with Gasteiger partial charge in [0.1, 0.15) is 0 Å². The van der Waals surface area contributed by atoms with Crippen LogP contribution in [0.2, 0.25) is 0 Å². The van der Waals surface area contributed by atoms with Crippen LogP contribution >= 0.6 is 0 Å². The quantitative estimate of drug-likeness (QED) is 0.796. The topological polar surface area (TPSA) is 90.9 Å². The Kier molecular flexibility index (Phi) is 5.09. The van der Waals surface area contributed by atoms with E-state index in [1.165, 1.54) is 17.7 Å². The third kappa shape index (κ3) is 4.06. The second-order valence-electron chi connectivity index (χ2n) is 6.13. The van der Waals surface area contributed by atoms with E-state index >= 15 is 0 Å². The van der Waals surface area contributed by atoms with Crippen molar-refractivity contribution in [2.45, 2.75) is 19.6 Å². The van der Waals surface area contributed by atoms with Crippen LogP contribution in [-0.4, -0.2) is 62.1 Å².